The van der Waals surface area contributed by atoms with Crippen molar-refractivity contribution in [3.63, 3.8) is 0 Å². The maximum atomic E-state index is 8.00. The summed E-state index contributed by atoms with van der Waals surface area (Å²) in [7, 11) is 0. The Bertz CT molecular complexity index is 114. The molecule has 19 heteroatoms. The molecule has 0 rings (SSSR count). The third-order valence-electron chi connectivity index (χ3n) is 0. The van der Waals surface area contributed by atoms with Gasteiger partial charge in [-0.15, -0.1) is 32.0 Å². The fourth-order valence-corrected chi connectivity index (χ4v) is 0. The van der Waals surface area contributed by atoms with Crippen LogP contribution in [0.25, 0.3) is 0 Å². The van der Waals surface area contributed by atoms with Crippen LogP contribution < -0.4 is 0 Å². The van der Waals surface area contributed by atoms with E-state index < -0.39 is 0 Å². The third-order valence-corrected chi connectivity index (χ3v) is 0. The van der Waals surface area contributed by atoms with Gasteiger partial charge in [0.1, 0.15) is 0 Å². The van der Waals surface area contributed by atoms with Crippen LogP contribution in [-0.2, 0) is 21.1 Å². The molecule has 0 aromatic heterocycles. The Morgan fingerprint density at radius 3 is 0.368 bits per heavy atom. The molecule has 19 heavy (non-hydrogen) atoms. The molecule has 0 amide bonds. The van der Waals surface area contributed by atoms with E-state index in [4.69, 9.17) is 60.7 Å². The van der Waals surface area contributed by atoms with Crippen molar-refractivity contribution >= 4 is 0 Å². The van der Waals surface area contributed by atoms with E-state index >= 15 is 0 Å². The van der Waals surface area contributed by atoms with Gasteiger partial charge in [0, 0.05) is 21.1 Å². The van der Waals surface area contributed by atoms with E-state index in [9.17, 15) is 0 Å². The Balaban J connectivity index is -0.0000000180. The molecular weight excluding hydrogens is 460 g/mol. The van der Waals surface area contributed by atoms with Crippen molar-refractivity contribution in [2.45, 2.75) is 0 Å². The summed E-state index contributed by atoms with van der Waals surface area (Å²) < 4.78 is 0. The van der Waals surface area contributed by atoms with Gasteiger partial charge in [-0.25, -0.2) is 0 Å². The van der Waals surface area contributed by atoms with Gasteiger partial charge in [0.05, 0.1) is 0 Å². The van der Waals surface area contributed by atoms with E-state index in [0.717, 1.165) is 32.0 Å². The van der Waals surface area contributed by atoms with Crippen LogP contribution in [0.4, 0.5) is 0 Å². The minimum absolute atomic E-state index is 0. The smallest absolute Gasteiger partial charge is 0 e. The summed E-state index contributed by atoms with van der Waals surface area (Å²) in [6.07, 6.45) is 0. The zero-order chi connectivity index (χ0) is 16.2. The standard InChI is InChI=1S/6HNO2.W/c6*2-1-3;/h6*(H,2,3);/p-6. The van der Waals surface area contributed by atoms with Gasteiger partial charge in [0.15, 0.2) is 0 Å². The van der Waals surface area contributed by atoms with E-state index in [-0.39, 0.29) is 21.1 Å². The van der Waals surface area contributed by atoms with Crippen molar-refractivity contribution in [1.29, 1.82) is 0 Å². The molecule has 0 aromatic rings. The van der Waals surface area contributed by atoms with Gasteiger partial charge in [-0.3, -0.25) is 0 Å². The quantitative estimate of drug-likeness (QED) is 0.367. The van der Waals surface area contributed by atoms with Crippen molar-refractivity contribution in [3.8, 4) is 0 Å². The second-order valence-corrected chi connectivity index (χ2v) is 0.447. The van der Waals surface area contributed by atoms with E-state index in [1.807, 2.05) is 0 Å². The number of rotatable bonds is 0. The molecule has 0 atom stereocenters. The van der Waals surface area contributed by atoms with Crippen LogP contribution in [0.2, 0.25) is 0 Å². The van der Waals surface area contributed by atoms with E-state index in [0.29, 0.717) is 0 Å². The van der Waals surface area contributed by atoms with Gasteiger partial charge in [-0.05, 0) is 0 Å². The van der Waals surface area contributed by atoms with Crippen molar-refractivity contribution < 1.29 is 21.1 Å². The molecule has 0 aliphatic carbocycles. The molecule has 0 saturated heterocycles. The molecular formula is N6O12W-6. The fraction of sp³-hybridized carbons (Fsp3) is 0. The molecule has 0 bridgehead atoms. The van der Waals surface area contributed by atoms with Crippen LogP contribution in [0.5, 0.6) is 0 Å². The predicted molar refractivity (Wildman–Crippen MR) is 55.0 cm³/mol. The molecule has 18 nitrogen and oxygen atoms in total. The van der Waals surface area contributed by atoms with Crippen LogP contribution in [-0.4, -0.2) is 0 Å². The molecule has 0 aliphatic heterocycles. The fourth-order valence-electron chi connectivity index (χ4n) is 0. The van der Waals surface area contributed by atoms with Crippen LogP contribution in [0, 0.1) is 60.7 Å². The monoisotopic (exact) mass is 460 g/mol. The first-order chi connectivity index (χ1) is 8.49. The van der Waals surface area contributed by atoms with Crippen LogP contribution in [0.15, 0.2) is 32.0 Å². The topological polar surface area (TPSA) is 315 Å². The SMILES string of the molecule is O=N[O-].O=N[O-].O=N[O-].O=N[O-].O=N[O-].O=N[O-].[W]. The molecule has 114 valence electrons. The number of hydrogen-bond donors (Lipinski definition) is 0. The van der Waals surface area contributed by atoms with Gasteiger partial charge >= 0.3 is 0 Å². The molecule has 0 heterocycles. The third kappa shape index (κ3) is 305. The predicted octanol–water partition coefficient (Wildman–Crippen LogP) is 1.50. The molecule has 0 aliphatic rings. The number of nitrogens with zero attached hydrogens (tertiary/aromatic N) is 6. The normalized spacial score (nSPS) is 3.79. The molecule has 0 fully saturated rings. The van der Waals surface area contributed by atoms with Crippen molar-refractivity contribution in [2.75, 3.05) is 0 Å². The van der Waals surface area contributed by atoms with Crippen molar-refractivity contribution in [2.24, 2.45) is 32.0 Å². The van der Waals surface area contributed by atoms with Gasteiger partial charge in [0.2, 0.25) is 0 Å². The average molecular weight is 460 g/mol. The molecule has 0 aromatic carbocycles. The summed E-state index contributed by atoms with van der Waals surface area (Å²) in [5.41, 5.74) is 0. The maximum Gasteiger partial charge on any atom is 0 e. The Kier molecular flexibility index (Phi) is 733. The maximum absolute atomic E-state index is 8.00. The Hall–Kier alpha value is -2.91. The van der Waals surface area contributed by atoms with Crippen molar-refractivity contribution in [3.05, 3.63) is 60.7 Å². The second-order valence-electron chi connectivity index (χ2n) is 0.447. The second kappa shape index (κ2) is 314. The minimum Gasteiger partial charge on any atom is -0.444 e. The number of hydrogen-bond acceptors (Lipinski definition) is 18. The molecule has 0 saturated carbocycles. The first-order valence-electron chi connectivity index (χ1n) is 2.19. The van der Waals surface area contributed by atoms with Gasteiger partial charge in [-0.2, -0.15) is 0 Å². The summed E-state index contributed by atoms with van der Waals surface area (Å²) in [4.78, 5) is 48.0. The molecule has 0 unspecified atom stereocenters. The van der Waals surface area contributed by atoms with Crippen LogP contribution in [0.1, 0.15) is 0 Å². The summed E-state index contributed by atoms with van der Waals surface area (Å²) in [5, 5.41) is 54.0. The zero-order valence-corrected chi connectivity index (χ0v) is 10.9. The summed E-state index contributed by atoms with van der Waals surface area (Å²) in [5.74, 6) is 0. The van der Waals surface area contributed by atoms with Gasteiger partial charge in [0.25, 0.3) is 0 Å². The zero-order valence-electron chi connectivity index (χ0n) is 7.99. The first-order valence-corrected chi connectivity index (χ1v) is 2.19. The first kappa shape index (κ1) is 44.3. The van der Waals surface area contributed by atoms with E-state index in [2.05, 4.69) is 0 Å². The Morgan fingerprint density at radius 1 is 0.368 bits per heavy atom. The summed E-state index contributed by atoms with van der Waals surface area (Å²) in [6.45, 7) is 0. The summed E-state index contributed by atoms with van der Waals surface area (Å²) >= 11 is 0. The van der Waals surface area contributed by atoms with Crippen molar-refractivity contribution in [1.82, 2.24) is 0 Å². The van der Waals surface area contributed by atoms with Gasteiger partial charge in [-0.1, -0.05) is 0 Å². The minimum atomic E-state index is 0. The molecule has 0 spiro atoms. The Morgan fingerprint density at radius 2 is 0.368 bits per heavy atom. The van der Waals surface area contributed by atoms with Crippen LogP contribution >= 0.6 is 0 Å². The molecule has 0 radical (unpaired) electrons. The van der Waals surface area contributed by atoms with E-state index in [1.165, 1.54) is 0 Å². The van der Waals surface area contributed by atoms with E-state index in [1.54, 1.807) is 0 Å². The van der Waals surface area contributed by atoms with Gasteiger partial charge < -0.3 is 60.7 Å². The Labute approximate surface area is 114 Å². The largest absolute Gasteiger partial charge is 0.444 e. The van der Waals surface area contributed by atoms with Crippen LogP contribution in [0.3, 0.4) is 0 Å². The average Bonchev–Trinajstić information content (AvgIpc) is 2.23. The summed E-state index contributed by atoms with van der Waals surface area (Å²) in [6, 6.07) is 0. The molecule has 0 N–H and O–H groups in total.